The Balaban J connectivity index is 1.88. The molecule has 0 bridgehead atoms. The van der Waals surface area contributed by atoms with Gasteiger partial charge in [0.15, 0.2) is 5.79 Å². The summed E-state index contributed by atoms with van der Waals surface area (Å²) in [5.41, 5.74) is -1.06. The topological polar surface area (TPSA) is 82.6 Å². The highest BCUT2D eigenvalue weighted by atomic mass is 16.8. The highest BCUT2D eigenvalue weighted by molar-refractivity contribution is 5.02. The summed E-state index contributed by atoms with van der Waals surface area (Å²) in [6, 6.07) is 1.17. The molecule has 1 N–H and O–H groups in total. The van der Waals surface area contributed by atoms with Crippen LogP contribution in [0.5, 0.6) is 0 Å². The van der Waals surface area contributed by atoms with Crippen molar-refractivity contribution >= 4 is 0 Å². The van der Waals surface area contributed by atoms with E-state index in [0.717, 1.165) is 0 Å². The lowest BCUT2D eigenvalue weighted by atomic mass is 10.1. The highest BCUT2D eigenvalue weighted by Crippen LogP contribution is 2.46. The molecule has 7 nitrogen and oxygen atoms in total. The van der Waals surface area contributed by atoms with Gasteiger partial charge in [0.2, 0.25) is 0 Å². The predicted molar refractivity (Wildman–Crippen MR) is 88.0 cm³/mol. The second kappa shape index (κ2) is 5.82. The molecular formula is C17H26N2O5. The number of nitrogens with one attached hydrogen (secondary N) is 1. The van der Waals surface area contributed by atoms with Gasteiger partial charge in [-0.25, -0.2) is 4.79 Å². The molecule has 0 spiro atoms. The van der Waals surface area contributed by atoms with Crippen molar-refractivity contribution < 1.29 is 14.2 Å². The molecule has 1 aliphatic heterocycles. The van der Waals surface area contributed by atoms with Gasteiger partial charge in [-0.3, -0.25) is 14.3 Å². The van der Waals surface area contributed by atoms with Crippen molar-refractivity contribution in [2.45, 2.75) is 70.7 Å². The van der Waals surface area contributed by atoms with Gasteiger partial charge in [0, 0.05) is 18.2 Å². The number of hydrogen-bond acceptors (Lipinski definition) is 5. The average Bonchev–Trinajstić information content (AvgIpc) is 2.90. The molecule has 0 unspecified atom stereocenters. The lowest BCUT2D eigenvalue weighted by molar-refractivity contribution is -0.164. The molecule has 1 saturated heterocycles. The number of rotatable bonds is 3. The van der Waals surface area contributed by atoms with Crippen LogP contribution < -0.4 is 11.2 Å². The van der Waals surface area contributed by atoms with E-state index in [0.29, 0.717) is 13.0 Å². The van der Waals surface area contributed by atoms with E-state index in [4.69, 9.17) is 14.2 Å². The molecule has 134 valence electrons. The number of ether oxygens (including phenoxy) is 3. The Kier molecular flexibility index (Phi) is 4.22. The van der Waals surface area contributed by atoms with Crippen LogP contribution in [0.3, 0.4) is 0 Å². The SMILES string of the molecule is CC(C)(C)OC[C@@H]1C[C@H](n2ccc(=O)[nH]c2=O)[C@H]2OC(C)(C)O[C@@H]12. The van der Waals surface area contributed by atoms with E-state index in [-0.39, 0.29) is 29.8 Å². The van der Waals surface area contributed by atoms with Gasteiger partial charge in [0.25, 0.3) is 5.56 Å². The summed E-state index contributed by atoms with van der Waals surface area (Å²) in [5.74, 6) is -0.570. The van der Waals surface area contributed by atoms with E-state index in [1.807, 2.05) is 34.6 Å². The molecule has 1 aliphatic carbocycles. The van der Waals surface area contributed by atoms with Gasteiger partial charge in [0.1, 0.15) is 6.10 Å². The molecule has 0 radical (unpaired) electrons. The molecule has 1 aromatic rings. The van der Waals surface area contributed by atoms with Crippen LogP contribution in [0.15, 0.2) is 21.9 Å². The van der Waals surface area contributed by atoms with Crippen LogP contribution in [0.4, 0.5) is 0 Å². The maximum atomic E-state index is 12.2. The predicted octanol–water partition coefficient (Wildman–Crippen LogP) is 1.43. The summed E-state index contributed by atoms with van der Waals surface area (Å²) in [5, 5.41) is 0. The van der Waals surface area contributed by atoms with Crippen LogP contribution in [0.1, 0.15) is 47.1 Å². The van der Waals surface area contributed by atoms with Crippen LogP contribution in [0.25, 0.3) is 0 Å². The first-order valence-electron chi connectivity index (χ1n) is 8.37. The fourth-order valence-electron chi connectivity index (χ4n) is 3.54. The van der Waals surface area contributed by atoms with Gasteiger partial charge < -0.3 is 14.2 Å². The third kappa shape index (κ3) is 3.48. The molecule has 1 saturated carbocycles. The van der Waals surface area contributed by atoms with E-state index >= 15 is 0 Å². The lowest BCUT2D eigenvalue weighted by Crippen LogP contribution is -2.36. The maximum absolute atomic E-state index is 12.2. The first-order valence-corrected chi connectivity index (χ1v) is 8.37. The summed E-state index contributed by atoms with van der Waals surface area (Å²) in [6.45, 7) is 10.3. The summed E-state index contributed by atoms with van der Waals surface area (Å²) in [4.78, 5) is 25.8. The van der Waals surface area contributed by atoms with Crippen molar-refractivity contribution in [3.05, 3.63) is 33.1 Å². The maximum Gasteiger partial charge on any atom is 0.328 e. The summed E-state index contributed by atoms with van der Waals surface area (Å²) in [6.07, 6.45) is 1.86. The van der Waals surface area contributed by atoms with Crippen LogP contribution >= 0.6 is 0 Å². The van der Waals surface area contributed by atoms with Crippen LogP contribution in [-0.4, -0.2) is 39.8 Å². The van der Waals surface area contributed by atoms with Crippen LogP contribution in [0, 0.1) is 5.92 Å². The minimum absolute atomic E-state index is 0.125. The summed E-state index contributed by atoms with van der Waals surface area (Å²) in [7, 11) is 0. The van der Waals surface area contributed by atoms with Gasteiger partial charge >= 0.3 is 5.69 Å². The van der Waals surface area contributed by atoms with Crippen molar-refractivity contribution in [1.82, 2.24) is 9.55 Å². The number of fused-ring (bicyclic) bond motifs is 1. The van der Waals surface area contributed by atoms with Crippen LogP contribution in [0.2, 0.25) is 0 Å². The molecule has 4 atom stereocenters. The fourth-order valence-corrected chi connectivity index (χ4v) is 3.54. The van der Waals surface area contributed by atoms with Crippen molar-refractivity contribution in [3.63, 3.8) is 0 Å². The molecule has 0 amide bonds. The van der Waals surface area contributed by atoms with Crippen molar-refractivity contribution in [2.24, 2.45) is 5.92 Å². The Morgan fingerprint density at radius 2 is 1.96 bits per heavy atom. The van der Waals surface area contributed by atoms with E-state index in [9.17, 15) is 9.59 Å². The van der Waals surface area contributed by atoms with E-state index in [2.05, 4.69) is 4.98 Å². The number of H-pyrrole nitrogens is 1. The quantitative estimate of drug-likeness (QED) is 0.901. The zero-order valence-corrected chi connectivity index (χ0v) is 14.9. The first kappa shape index (κ1) is 17.4. The average molecular weight is 338 g/mol. The summed E-state index contributed by atoms with van der Waals surface area (Å²) < 4.78 is 19.6. The Hall–Kier alpha value is -1.44. The Bertz CT molecular complexity index is 715. The largest absolute Gasteiger partial charge is 0.375 e. The van der Waals surface area contributed by atoms with Crippen LogP contribution in [-0.2, 0) is 14.2 Å². The Morgan fingerprint density at radius 3 is 2.58 bits per heavy atom. The molecule has 1 aromatic heterocycles. The second-order valence-electron chi connectivity index (χ2n) is 8.07. The molecule has 2 aliphatic rings. The Morgan fingerprint density at radius 1 is 1.29 bits per heavy atom. The second-order valence-corrected chi connectivity index (χ2v) is 8.07. The smallest absolute Gasteiger partial charge is 0.328 e. The molecule has 2 heterocycles. The third-order valence-corrected chi connectivity index (χ3v) is 4.49. The summed E-state index contributed by atoms with van der Waals surface area (Å²) >= 11 is 0. The number of hydrogen-bond donors (Lipinski definition) is 1. The number of aromatic nitrogens is 2. The van der Waals surface area contributed by atoms with Gasteiger partial charge in [-0.05, 0) is 41.0 Å². The van der Waals surface area contributed by atoms with Gasteiger partial charge in [-0.2, -0.15) is 0 Å². The fraction of sp³-hybridized carbons (Fsp3) is 0.765. The van der Waals surface area contributed by atoms with E-state index in [1.54, 1.807) is 4.57 Å². The molecule has 3 rings (SSSR count). The third-order valence-electron chi connectivity index (χ3n) is 4.49. The van der Waals surface area contributed by atoms with Crippen molar-refractivity contribution in [3.8, 4) is 0 Å². The number of aromatic amines is 1. The van der Waals surface area contributed by atoms with Crippen molar-refractivity contribution in [2.75, 3.05) is 6.61 Å². The van der Waals surface area contributed by atoms with Gasteiger partial charge in [-0.15, -0.1) is 0 Å². The van der Waals surface area contributed by atoms with E-state index in [1.165, 1.54) is 12.3 Å². The lowest BCUT2D eigenvalue weighted by Gasteiger charge is -2.26. The normalized spacial score (nSPS) is 32.0. The molecule has 7 heteroatoms. The zero-order valence-electron chi connectivity index (χ0n) is 14.9. The number of nitrogens with zero attached hydrogens (tertiary/aromatic N) is 1. The van der Waals surface area contributed by atoms with E-state index < -0.39 is 17.0 Å². The van der Waals surface area contributed by atoms with Gasteiger partial charge in [-0.1, -0.05) is 0 Å². The standard InChI is InChI=1S/C17H26N2O5/c1-16(2,3)22-9-10-8-11(14-13(10)23-17(4,5)24-14)19-7-6-12(20)18-15(19)21/h6-7,10-11,13-14H,8-9H2,1-5H3,(H,18,20,21)/t10-,11-,13-,14+/m0/s1. The first-order chi connectivity index (χ1) is 11.1. The molecule has 2 fully saturated rings. The zero-order chi connectivity index (χ0) is 17.7. The molecule has 0 aromatic carbocycles. The minimum atomic E-state index is -0.695. The minimum Gasteiger partial charge on any atom is -0.375 e. The van der Waals surface area contributed by atoms with Crippen molar-refractivity contribution in [1.29, 1.82) is 0 Å². The highest BCUT2D eigenvalue weighted by Gasteiger charge is 2.54. The van der Waals surface area contributed by atoms with Gasteiger partial charge in [0.05, 0.1) is 24.4 Å². The molecule has 24 heavy (non-hydrogen) atoms. The monoisotopic (exact) mass is 338 g/mol. The molecular weight excluding hydrogens is 312 g/mol. The Labute approximate surface area is 140 Å².